The van der Waals surface area contributed by atoms with E-state index in [9.17, 15) is 4.39 Å². The minimum atomic E-state index is -0.0799. The molecule has 0 spiro atoms. The molecule has 0 saturated carbocycles. The van der Waals surface area contributed by atoms with E-state index in [0.29, 0.717) is 4.83 Å². The van der Waals surface area contributed by atoms with Crippen LogP contribution in [0.5, 0.6) is 0 Å². The van der Waals surface area contributed by atoms with Crippen molar-refractivity contribution < 1.29 is 4.39 Å². The Kier molecular flexibility index (Phi) is 5.16. The largest absolute Gasteiger partial charge is 0.207 e. The lowest BCUT2D eigenvalue weighted by molar-refractivity contribution is 0.598. The first-order valence-electron chi connectivity index (χ1n) is 5.11. The van der Waals surface area contributed by atoms with E-state index < -0.39 is 0 Å². The van der Waals surface area contributed by atoms with Crippen molar-refractivity contribution in [3.05, 3.63) is 35.6 Å². The number of hydrogen-bond acceptors (Lipinski definition) is 0. The summed E-state index contributed by atoms with van der Waals surface area (Å²) in [4.78, 5) is 0.520. The van der Waals surface area contributed by atoms with Crippen LogP contribution in [-0.2, 0) is 6.42 Å². The molecule has 2 heteroatoms. The maximum atomic E-state index is 13.2. The summed E-state index contributed by atoms with van der Waals surface area (Å²) in [7, 11) is 0. The summed E-state index contributed by atoms with van der Waals surface area (Å²) in [5, 5.41) is 0. The Hall–Kier alpha value is -0.370. The second-order valence-corrected chi connectivity index (χ2v) is 4.81. The highest BCUT2D eigenvalue weighted by Gasteiger charge is 2.05. The van der Waals surface area contributed by atoms with Gasteiger partial charge in [-0.3, -0.25) is 0 Å². The molecule has 0 bridgehead atoms. The summed E-state index contributed by atoms with van der Waals surface area (Å²) in [6, 6.07) is 7.01. The Balaban J connectivity index is 2.41. The minimum absolute atomic E-state index is 0.0799. The van der Waals surface area contributed by atoms with E-state index in [1.54, 1.807) is 6.07 Å². The zero-order valence-corrected chi connectivity index (χ0v) is 10.1. The van der Waals surface area contributed by atoms with E-state index in [2.05, 4.69) is 22.9 Å². The molecule has 78 valence electrons. The quantitative estimate of drug-likeness (QED) is 0.691. The van der Waals surface area contributed by atoms with Crippen molar-refractivity contribution in [1.29, 1.82) is 0 Å². The average Bonchev–Trinajstić information content (AvgIpc) is 2.17. The normalized spacial score (nSPS) is 12.8. The van der Waals surface area contributed by atoms with Gasteiger partial charge in [-0.05, 0) is 30.9 Å². The van der Waals surface area contributed by atoms with Crippen molar-refractivity contribution in [2.24, 2.45) is 0 Å². The van der Waals surface area contributed by atoms with Gasteiger partial charge >= 0.3 is 0 Å². The summed E-state index contributed by atoms with van der Waals surface area (Å²) >= 11 is 3.60. The molecule has 0 N–H and O–H groups in total. The predicted octanol–water partition coefficient (Wildman–Crippen LogP) is 4.32. The smallest absolute Gasteiger partial charge is 0.126 e. The fourth-order valence-electron chi connectivity index (χ4n) is 1.47. The van der Waals surface area contributed by atoms with Crippen LogP contribution in [0.25, 0.3) is 0 Å². The lowest BCUT2D eigenvalue weighted by Crippen LogP contribution is -2.00. The molecule has 0 radical (unpaired) electrons. The number of rotatable bonds is 5. The molecule has 1 unspecified atom stereocenters. The molecule has 1 aromatic carbocycles. The summed E-state index contributed by atoms with van der Waals surface area (Å²) in [6.45, 7) is 2.16. The van der Waals surface area contributed by atoms with E-state index in [0.717, 1.165) is 24.8 Å². The van der Waals surface area contributed by atoms with Gasteiger partial charge < -0.3 is 0 Å². The van der Waals surface area contributed by atoms with E-state index >= 15 is 0 Å². The van der Waals surface area contributed by atoms with Crippen LogP contribution in [0.1, 0.15) is 31.7 Å². The standard InChI is InChI=1S/C12H16BrF/c1-2-5-11(13)9-8-10-6-3-4-7-12(10)14/h3-4,6-7,11H,2,5,8-9H2,1H3. The zero-order valence-electron chi connectivity index (χ0n) is 8.47. The SMILES string of the molecule is CCCC(Br)CCc1ccccc1F. The third kappa shape index (κ3) is 3.79. The summed E-state index contributed by atoms with van der Waals surface area (Å²) in [6.07, 6.45) is 4.17. The molecule has 1 aromatic rings. The van der Waals surface area contributed by atoms with E-state index in [1.807, 2.05) is 12.1 Å². The second kappa shape index (κ2) is 6.18. The lowest BCUT2D eigenvalue weighted by atomic mass is 10.1. The number of aryl methyl sites for hydroxylation is 1. The zero-order chi connectivity index (χ0) is 10.4. The molecule has 0 amide bonds. The van der Waals surface area contributed by atoms with Crippen LogP contribution in [0.3, 0.4) is 0 Å². The molecular weight excluding hydrogens is 243 g/mol. The number of halogens is 2. The second-order valence-electron chi connectivity index (χ2n) is 3.52. The monoisotopic (exact) mass is 258 g/mol. The first-order valence-corrected chi connectivity index (χ1v) is 6.03. The summed E-state index contributed by atoms with van der Waals surface area (Å²) < 4.78 is 13.2. The first-order chi connectivity index (χ1) is 6.74. The van der Waals surface area contributed by atoms with E-state index in [-0.39, 0.29) is 5.82 Å². The average molecular weight is 259 g/mol. The fraction of sp³-hybridized carbons (Fsp3) is 0.500. The number of benzene rings is 1. The summed E-state index contributed by atoms with van der Waals surface area (Å²) in [5.74, 6) is -0.0799. The Morgan fingerprint density at radius 1 is 1.29 bits per heavy atom. The fourth-order valence-corrected chi connectivity index (χ4v) is 2.16. The molecule has 0 heterocycles. The predicted molar refractivity (Wildman–Crippen MR) is 62.3 cm³/mol. The molecule has 1 atom stereocenters. The van der Waals surface area contributed by atoms with Gasteiger partial charge in [0.1, 0.15) is 5.82 Å². The first kappa shape index (κ1) is 11.7. The van der Waals surface area contributed by atoms with Gasteiger partial charge in [-0.15, -0.1) is 0 Å². The van der Waals surface area contributed by atoms with Crippen molar-refractivity contribution in [2.75, 3.05) is 0 Å². The Bertz CT molecular complexity index is 273. The van der Waals surface area contributed by atoms with Gasteiger partial charge in [0.15, 0.2) is 0 Å². The van der Waals surface area contributed by atoms with E-state index in [4.69, 9.17) is 0 Å². The van der Waals surface area contributed by atoms with Crippen LogP contribution in [0.4, 0.5) is 4.39 Å². The van der Waals surface area contributed by atoms with Gasteiger partial charge in [0.05, 0.1) is 0 Å². The molecule has 1 rings (SSSR count). The maximum absolute atomic E-state index is 13.2. The van der Waals surface area contributed by atoms with Gasteiger partial charge in [-0.25, -0.2) is 4.39 Å². The minimum Gasteiger partial charge on any atom is -0.207 e. The van der Waals surface area contributed by atoms with Gasteiger partial charge in [-0.1, -0.05) is 47.5 Å². The van der Waals surface area contributed by atoms with Crippen LogP contribution < -0.4 is 0 Å². The summed E-state index contributed by atoms with van der Waals surface area (Å²) in [5.41, 5.74) is 0.827. The molecule has 14 heavy (non-hydrogen) atoms. The molecule has 0 aliphatic heterocycles. The van der Waals surface area contributed by atoms with Gasteiger partial charge in [0.2, 0.25) is 0 Å². The Labute approximate surface area is 93.7 Å². The number of alkyl halides is 1. The van der Waals surface area contributed by atoms with Crippen LogP contribution in [0.2, 0.25) is 0 Å². The van der Waals surface area contributed by atoms with Crippen molar-refractivity contribution in [1.82, 2.24) is 0 Å². The van der Waals surface area contributed by atoms with Crippen molar-refractivity contribution >= 4 is 15.9 Å². The molecule has 0 aromatic heterocycles. The highest BCUT2D eigenvalue weighted by molar-refractivity contribution is 9.09. The Morgan fingerprint density at radius 3 is 2.64 bits per heavy atom. The molecule has 0 nitrogen and oxygen atoms in total. The van der Waals surface area contributed by atoms with E-state index in [1.165, 1.54) is 12.5 Å². The van der Waals surface area contributed by atoms with Crippen molar-refractivity contribution in [3.8, 4) is 0 Å². The maximum Gasteiger partial charge on any atom is 0.126 e. The highest BCUT2D eigenvalue weighted by atomic mass is 79.9. The van der Waals surface area contributed by atoms with Crippen molar-refractivity contribution in [3.63, 3.8) is 0 Å². The van der Waals surface area contributed by atoms with Crippen LogP contribution >= 0.6 is 15.9 Å². The van der Waals surface area contributed by atoms with Crippen LogP contribution in [0, 0.1) is 5.82 Å². The van der Waals surface area contributed by atoms with Gasteiger partial charge in [-0.2, -0.15) is 0 Å². The molecular formula is C12H16BrF. The van der Waals surface area contributed by atoms with Crippen molar-refractivity contribution in [2.45, 2.75) is 37.4 Å². The third-order valence-corrected chi connectivity index (χ3v) is 3.20. The third-order valence-electron chi connectivity index (χ3n) is 2.29. The van der Waals surface area contributed by atoms with Gasteiger partial charge in [0.25, 0.3) is 0 Å². The molecule has 0 saturated heterocycles. The van der Waals surface area contributed by atoms with Gasteiger partial charge in [0, 0.05) is 4.83 Å². The number of hydrogen-bond donors (Lipinski definition) is 0. The molecule has 0 aliphatic rings. The Morgan fingerprint density at radius 2 is 2.00 bits per heavy atom. The van der Waals surface area contributed by atoms with Crippen LogP contribution in [-0.4, -0.2) is 4.83 Å². The molecule has 0 aliphatic carbocycles. The molecule has 0 fully saturated rings. The topological polar surface area (TPSA) is 0 Å². The lowest BCUT2D eigenvalue weighted by Gasteiger charge is -2.08. The van der Waals surface area contributed by atoms with Crippen LogP contribution in [0.15, 0.2) is 24.3 Å². The highest BCUT2D eigenvalue weighted by Crippen LogP contribution is 2.17.